The molecule has 138 valence electrons. The Labute approximate surface area is 163 Å². The molecular weight excluding hydrogens is 373 g/mol. The summed E-state index contributed by atoms with van der Waals surface area (Å²) in [5.74, 6) is -0.893. The van der Waals surface area contributed by atoms with E-state index in [4.69, 9.17) is 27.9 Å². The molecule has 2 aromatic carbocycles. The van der Waals surface area contributed by atoms with Crippen LogP contribution in [0.1, 0.15) is 42.1 Å². The quantitative estimate of drug-likeness (QED) is 0.684. The fourth-order valence-electron chi connectivity index (χ4n) is 2.56. The van der Waals surface area contributed by atoms with Crippen LogP contribution in [0, 0.1) is 0 Å². The van der Waals surface area contributed by atoms with E-state index in [0.29, 0.717) is 6.54 Å². The molecule has 6 heteroatoms. The molecule has 2 atom stereocenters. The number of carbonyl (C=O) groups excluding carboxylic acids is 2. The average molecular weight is 394 g/mol. The van der Waals surface area contributed by atoms with Crippen molar-refractivity contribution in [3.05, 3.63) is 69.7 Å². The minimum absolute atomic E-state index is 0.0613. The first-order valence-corrected chi connectivity index (χ1v) is 9.17. The highest BCUT2D eigenvalue weighted by molar-refractivity contribution is 6.39. The van der Waals surface area contributed by atoms with E-state index in [0.717, 1.165) is 12.0 Å². The maximum atomic E-state index is 12.3. The third-order valence-corrected chi connectivity index (χ3v) is 4.74. The van der Waals surface area contributed by atoms with Crippen LogP contribution in [0.5, 0.6) is 0 Å². The van der Waals surface area contributed by atoms with Crippen molar-refractivity contribution in [1.29, 1.82) is 0 Å². The zero-order chi connectivity index (χ0) is 19.1. The Kier molecular flexibility index (Phi) is 7.49. The van der Waals surface area contributed by atoms with Crippen molar-refractivity contribution in [3.8, 4) is 0 Å². The van der Waals surface area contributed by atoms with Gasteiger partial charge in [0, 0.05) is 12.5 Å². The first-order chi connectivity index (χ1) is 12.4. The van der Waals surface area contributed by atoms with Crippen LogP contribution in [-0.2, 0) is 9.53 Å². The molecule has 0 aliphatic heterocycles. The highest BCUT2D eigenvalue weighted by Gasteiger charge is 2.23. The summed E-state index contributed by atoms with van der Waals surface area (Å²) >= 11 is 12.0. The van der Waals surface area contributed by atoms with Gasteiger partial charge in [-0.25, -0.2) is 4.79 Å². The Morgan fingerprint density at radius 1 is 1.04 bits per heavy atom. The second-order valence-corrected chi connectivity index (χ2v) is 6.72. The molecule has 0 fully saturated rings. The molecule has 4 nitrogen and oxygen atoms in total. The number of carbonyl (C=O) groups is 2. The molecule has 0 unspecified atom stereocenters. The van der Waals surface area contributed by atoms with Gasteiger partial charge in [-0.05, 0) is 31.0 Å². The highest BCUT2D eigenvalue weighted by atomic mass is 35.5. The predicted octanol–water partition coefficient (Wildman–Crippen LogP) is 4.85. The molecule has 1 amide bonds. The zero-order valence-electron chi connectivity index (χ0n) is 14.7. The number of halogens is 2. The van der Waals surface area contributed by atoms with Crippen molar-refractivity contribution in [1.82, 2.24) is 5.32 Å². The smallest absolute Gasteiger partial charge is 0.341 e. The van der Waals surface area contributed by atoms with Crippen LogP contribution in [0.3, 0.4) is 0 Å². The molecular formula is C20H21Cl2NO3. The second kappa shape index (κ2) is 9.60. The monoisotopic (exact) mass is 393 g/mol. The molecule has 0 spiro atoms. The van der Waals surface area contributed by atoms with E-state index in [2.05, 4.69) is 12.2 Å². The molecule has 0 aliphatic rings. The van der Waals surface area contributed by atoms with Gasteiger partial charge in [0.15, 0.2) is 6.10 Å². The minimum Gasteiger partial charge on any atom is -0.449 e. The van der Waals surface area contributed by atoms with E-state index in [1.54, 1.807) is 18.2 Å². The lowest BCUT2D eigenvalue weighted by Gasteiger charge is -2.19. The molecule has 0 aliphatic carbocycles. The number of rotatable bonds is 7. The van der Waals surface area contributed by atoms with Crippen molar-refractivity contribution in [2.24, 2.45) is 0 Å². The third kappa shape index (κ3) is 5.23. The third-order valence-electron chi connectivity index (χ3n) is 4.11. The largest absolute Gasteiger partial charge is 0.449 e. The van der Waals surface area contributed by atoms with Crippen LogP contribution in [0.2, 0.25) is 10.0 Å². The fourth-order valence-corrected chi connectivity index (χ4v) is 3.11. The number of amides is 1. The summed E-state index contributed by atoms with van der Waals surface area (Å²) in [6.45, 7) is 4.04. The Bertz CT molecular complexity index is 745. The van der Waals surface area contributed by atoms with Crippen LogP contribution in [0.15, 0.2) is 48.5 Å². The van der Waals surface area contributed by atoms with Crippen molar-refractivity contribution >= 4 is 35.1 Å². The Morgan fingerprint density at radius 2 is 1.65 bits per heavy atom. The summed E-state index contributed by atoms with van der Waals surface area (Å²) in [5.41, 5.74) is 1.22. The number of nitrogens with one attached hydrogen (secondary N) is 1. The molecule has 2 rings (SSSR count). The van der Waals surface area contributed by atoms with E-state index < -0.39 is 12.1 Å². The van der Waals surface area contributed by atoms with Gasteiger partial charge in [0.25, 0.3) is 5.91 Å². The van der Waals surface area contributed by atoms with Gasteiger partial charge in [0.05, 0.1) is 15.6 Å². The molecule has 0 saturated heterocycles. The van der Waals surface area contributed by atoms with Gasteiger partial charge in [-0.1, -0.05) is 66.5 Å². The SMILES string of the molecule is CC[C@H](CNC(=O)[C@H](C)OC(=O)c1c(Cl)cccc1Cl)c1ccccc1. The van der Waals surface area contributed by atoms with E-state index in [-0.39, 0.29) is 27.4 Å². The molecule has 0 aromatic heterocycles. The van der Waals surface area contributed by atoms with E-state index in [9.17, 15) is 9.59 Å². The zero-order valence-corrected chi connectivity index (χ0v) is 16.2. The van der Waals surface area contributed by atoms with Gasteiger partial charge in [-0.3, -0.25) is 4.79 Å². The van der Waals surface area contributed by atoms with E-state index in [1.165, 1.54) is 6.92 Å². The average Bonchev–Trinajstić information content (AvgIpc) is 2.62. The van der Waals surface area contributed by atoms with Crippen molar-refractivity contribution in [2.75, 3.05) is 6.54 Å². The molecule has 0 saturated carbocycles. The summed E-state index contributed by atoms with van der Waals surface area (Å²) in [6, 6.07) is 14.7. The molecule has 0 bridgehead atoms. The van der Waals surface area contributed by atoms with E-state index in [1.807, 2.05) is 30.3 Å². The fraction of sp³-hybridized carbons (Fsp3) is 0.300. The summed E-state index contributed by atoms with van der Waals surface area (Å²) in [4.78, 5) is 24.5. The van der Waals surface area contributed by atoms with Gasteiger partial charge in [0.1, 0.15) is 0 Å². The first-order valence-electron chi connectivity index (χ1n) is 8.41. The lowest BCUT2D eigenvalue weighted by atomic mass is 9.96. The molecule has 2 aromatic rings. The maximum absolute atomic E-state index is 12.3. The number of esters is 1. The normalized spacial score (nSPS) is 12.9. The summed E-state index contributed by atoms with van der Waals surface area (Å²) in [6.07, 6.45) is -0.0728. The molecule has 0 heterocycles. The van der Waals surface area contributed by atoms with Crippen molar-refractivity contribution in [3.63, 3.8) is 0 Å². The van der Waals surface area contributed by atoms with Gasteiger partial charge in [-0.2, -0.15) is 0 Å². The van der Waals surface area contributed by atoms with Crippen LogP contribution in [-0.4, -0.2) is 24.5 Å². The Hall–Kier alpha value is -2.04. The van der Waals surface area contributed by atoms with Gasteiger partial charge >= 0.3 is 5.97 Å². The summed E-state index contributed by atoms with van der Waals surface area (Å²) in [7, 11) is 0. The first kappa shape index (κ1) is 20.3. The van der Waals surface area contributed by atoms with E-state index >= 15 is 0 Å². The topological polar surface area (TPSA) is 55.4 Å². The second-order valence-electron chi connectivity index (χ2n) is 5.91. The molecule has 0 radical (unpaired) electrons. The predicted molar refractivity (Wildman–Crippen MR) is 104 cm³/mol. The van der Waals surface area contributed by atoms with Gasteiger partial charge in [-0.15, -0.1) is 0 Å². The van der Waals surface area contributed by atoms with Gasteiger partial charge in [0.2, 0.25) is 0 Å². The Balaban J connectivity index is 1.94. The summed E-state index contributed by atoms with van der Waals surface area (Å²) in [5, 5.41) is 3.21. The summed E-state index contributed by atoms with van der Waals surface area (Å²) < 4.78 is 5.21. The van der Waals surface area contributed by atoms with Gasteiger partial charge < -0.3 is 10.1 Å². The molecule has 1 N–H and O–H groups in total. The number of ether oxygens (including phenoxy) is 1. The highest BCUT2D eigenvalue weighted by Crippen LogP contribution is 2.25. The lowest BCUT2D eigenvalue weighted by molar-refractivity contribution is -0.129. The molecule has 26 heavy (non-hydrogen) atoms. The maximum Gasteiger partial charge on any atom is 0.341 e. The van der Waals surface area contributed by atoms with Crippen molar-refractivity contribution < 1.29 is 14.3 Å². The Morgan fingerprint density at radius 3 is 2.23 bits per heavy atom. The standard InChI is InChI=1S/C20H21Cl2NO3/c1-3-14(15-8-5-4-6-9-15)12-23-19(24)13(2)26-20(25)18-16(21)10-7-11-17(18)22/h4-11,13-14H,3,12H2,1-2H3,(H,23,24)/t13-,14+/m0/s1. The lowest BCUT2D eigenvalue weighted by Crippen LogP contribution is -2.38. The minimum atomic E-state index is -0.955. The van der Waals surface area contributed by atoms with Crippen LogP contribution < -0.4 is 5.32 Å². The van der Waals surface area contributed by atoms with Crippen LogP contribution >= 0.6 is 23.2 Å². The number of hydrogen-bond acceptors (Lipinski definition) is 3. The van der Waals surface area contributed by atoms with Crippen molar-refractivity contribution in [2.45, 2.75) is 32.3 Å². The van der Waals surface area contributed by atoms with Crippen LogP contribution in [0.25, 0.3) is 0 Å². The van der Waals surface area contributed by atoms with Crippen LogP contribution in [0.4, 0.5) is 0 Å². The number of benzene rings is 2. The number of hydrogen-bond donors (Lipinski definition) is 1.